The normalized spacial score (nSPS) is 17.4. The second-order valence-corrected chi connectivity index (χ2v) is 6.65. The molecule has 0 aromatic carbocycles. The van der Waals surface area contributed by atoms with Gasteiger partial charge in [-0.25, -0.2) is 0 Å². The molecule has 1 aliphatic carbocycles. The zero-order chi connectivity index (χ0) is 18.9. The molecule has 0 saturated heterocycles. The summed E-state index contributed by atoms with van der Waals surface area (Å²) < 4.78 is 0. The zero-order valence-electron chi connectivity index (χ0n) is 17.3. The molecular formula is C22H41N3. The maximum absolute atomic E-state index is 4.63. The van der Waals surface area contributed by atoms with Crippen molar-refractivity contribution in [1.29, 1.82) is 0 Å². The van der Waals surface area contributed by atoms with E-state index in [2.05, 4.69) is 54.1 Å². The molecule has 1 rings (SSSR count). The highest BCUT2D eigenvalue weighted by Gasteiger charge is 2.28. The van der Waals surface area contributed by atoms with Crippen LogP contribution in [0.4, 0.5) is 0 Å². The molecule has 0 aromatic rings. The van der Waals surface area contributed by atoms with E-state index in [0.29, 0.717) is 6.04 Å². The Balaban J connectivity index is 0.00000178. The minimum Gasteiger partial charge on any atom is -0.339 e. The molecule has 1 saturated carbocycles. The minimum absolute atomic E-state index is 0.386. The highest BCUT2D eigenvalue weighted by Crippen LogP contribution is 2.27. The lowest BCUT2D eigenvalue weighted by atomic mass is 9.83. The van der Waals surface area contributed by atoms with Gasteiger partial charge in [-0.1, -0.05) is 50.8 Å². The summed E-state index contributed by atoms with van der Waals surface area (Å²) in [7, 11) is 4.03. The molecule has 3 heteroatoms. The number of hydrogen-bond donors (Lipinski definition) is 1. The lowest BCUT2D eigenvalue weighted by Gasteiger charge is -2.34. The van der Waals surface area contributed by atoms with Crippen LogP contribution < -0.4 is 5.32 Å². The highest BCUT2D eigenvalue weighted by atomic mass is 15.2. The van der Waals surface area contributed by atoms with Crippen molar-refractivity contribution in [3.63, 3.8) is 0 Å². The summed E-state index contributed by atoms with van der Waals surface area (Å²) in [5.41, 5.74) is 0. The van der Waals surface area contributed by atoms with Crippen LogP contribution in [0.2, 0.25) is 0 Å². The van der Waals surface area contributed by atoms with Crippen molar-refractivity contribution in [2.45, 2.75) is 71.8 Å². The predicted molar refractivity (Wildman–Crippen MR) is 114 cm³/mol. The molecule has 0 aromatic heterocycles. The predicted octanol–water partition coefficient (Wildman–Crippen LogP) is 5.57. The van der Waals surface area contributed by atoms with Crippen LogP contribution in [0.1, 0.15) is 65.7 Å². The van der Waals surface area contributed by atoms with Crippen molar-refractivity contribution < 1.29 is 0 Å². The monoisotopic (exact) mass is 347 g/mol. The van der Waals surface area contributed by atoms with Gasteiger partial charge in [0.25, 0.3) is 0 Å². The zero-order valence-corrected chi connectivity index (χ0v) is 17.3. The number of rotatable bonds is 8. The van der Waals surface area contributed by atoms with Gasteiger partial charge < -0.3 is 10.2 Å². The topological polar surface area (TPSA) is 27.6 Å². The first-order valence-electron chi connectivity index (χ1n) is 9.95. The van der Waals surface area contributed by atoms with Crippen molar-refractivity contribution in [2.24, 2.45) is 10.9 Å². The maximum Gasteiger partial charge on any atom is 0.120 e. The van der Waals surface area contributed by atoms with Gasteiger partial charge in [0, 0.05) is 20.3 Å². The third-order valence-electron chi connectivity index (χ3n) is 4.50. The molecule has 3 nitrogen and oxygen atoms in total. The quantitative estimate of drug-likeness (QED) is 0.204. The summed E-state index contributed by atoms with van der Waals surface area (Å²) in [6, 6.07) is 0.386. The number of amidine groups is 1. The van der Waals surface area contributed by atoms with Gasteiger partial charge in [-0.2, -0.15) is 0 Å². The molecule has 0 aliphatic heterocycles. The van der Waals surface area contributed by atoms with Crippen LogP contribution in [0.15, 0.2) is 42.1 Å². The molecule has 0 spiro atoms. The molecule has 1 N–H and O–H groups in total. The third-order valence-corrected chi connectivity index (χ3v) is 4.50. The van der Waals surface area contributed by atoms with E-state index in [9.17, 15) is 0 Å². The number of aliphatic imine (C=N–C) groups is 1. The van der Waals surface area contributed by atoms with Gasteiger partial charge in [0.15, 0.2) is 0 Å². The smallest absolute Gasteiger partial charge is 0.120 e. The van der Waals surface area contributed by atoms with E-state index < -0.39 is 0 Å². The van der Waals surface area contributed by atoms with Gasteiger partial charge in [0.2, 0.25) is 0 Å². The highest BCUT2D eigenvalue weighted by molar-refractivity contribution is 5.88. The number of nitrogens with one attached hydrogen (secondary N) is 1. The third kappa shape index (κ3) is 10.3. The molecule has 0 bridgehead atoms. The molecule has 0 radical (unpaired) electrons. The molecule has 0 amide bonds. The Kier molecular flexibility index (Phi) is 15.3. The van der Waals surface area contributed by atoms with Crippen molar-refractivity contribution in [3.05, 3.63) is 37.1 Å². The van der Waals surface area contributed by atoms with Crippen LogP contribution in [0, 0.1) is 5.92 Å². The largest absolute Gasteiger partial charge is 0.339 e. The van der Waals surface area contributed by atoms with Crippen molar-refractivity contribution in [3.8, 4) is 0 Å². The molecule has 1 unspecified atom stereocenters. The minimum atomic E-state index is 0.386. The van der Waals surface area contributed by atoms with Gasteiger partial charge in [-0.15, -0.1) is 6.58 Å². The molecule has 1 aliphatic rings. The first kappa shape index (κ1) is 23.6. The first-order chi connectivity index (χ1) is 12.2. The Morgan fingerprint density at radius 2 is 1.88 bits per heavy atom. The van der Waals surface area contributed by atoms with E-state index in [1.165, 1.54) is 50.8 Å². The molecular weight excluding hydrogens is 306 g/mol. The molecule has 0 heterocycles. The van der Waals surface area contributed by atoms with Gasteiger partial charge in [-0.3, -0.25) is 4.99 Å². The molecule has 1 fully saturated rings. The van der Waals surface area contributed by atoms with Crippen LogP contribution in [-0.4, -0.2) is 37.4 Å². The summed E-state index contributed by atoms with van der Waals surface area (Å²) in [6.07, 6.45) is 19.3. The fourth-order valence-electron chi connectivity index (χ4n) is 3.25. The fraction of sp³-hybridized carbons (Fsp3) is 0.682. The SMILES string of the molecule is C/C=C/C=C/N(C)C(=NC)C(NCCCC)C1CCCCC1.C=CC. The Labute approximate surface area is 157 Å². The standard InChI is InChI=1S/C19H35N3.C3H6/c1-5-7-12-16-22(4)19(20-3)18(21-15-8-6-2)17-13-10-9-11-14-17;1-3-2/h5,7,12,16-18,21H,6,8-11,13-15H2,1-4H3;3H,1H2,2H3/b7-5+,16-12+,20-19?;. The van der Waals surface area contributed by atoms with Gasteiger partial charge in [-0.05, 0) is 51.6 Å². The Hall–Kier alpha value is -1.35. The lowest BCUT2D eigenvalue weighted by molar-refractivity contribution is 0.302. The average Bonchev–Trinajstić information content (AvgIpc) is 2.63. The average molecular weight is 348 g/mol. The number of hydrogen-bond acceptors (Lipinski definition) is 2. The first-order valence-corrected chi connectivity index (χ1v) is 9.95. The summed E-state index contributed by atoms with van der Waals surface area (Å²) >= 11 is 0. The second-order valence-electron chi connectivity index (χ2n) is 6.65. The van der Waals surface area contributed by atoms with Crippen molar-refractivity contribution in [2.75, 3.05) is 20.6 Å². The van der Waals surface area contributed by atoms with E-state index in [-0.39, 0.29) is 0 Å². The van der Waals surface area contributed by atoms with Crippen LogP contribution >= 0.6 is 0 Å². The summed E-state index contributed by atoms with van der Waals surface area (Å²) in [5.74, 6) is 1.89. The summed E-state index contributed by atoms with van der Waals surface area (Å²) in [5, 5.41) is 3.79. The van der Waals surface area contributed by atoms with Gasteiger partial charge in [0.1, 0.15) is 5.84 Å². The van der Waals surface area contributed by atoms with Crippen molar-refractivity contribution in [1.82, 2.24) is 10.2 Å². The van der Waals surface area contributed by atoms with Gasteiger partial charge in [0.05, 0.1) is 6.04 Å². The van der Waals surface area contributed by atoms with Crippen LogP contribution in [0.5, 0.6) is 0 Å². The summed E-state index contributed by atoms with van der Waals surface area (Å²) in [6.45, 7) is 10.6. The van der Waals surface area contributed by atoms with Gasteiger partial charge >= 0.3 is 0 Å². The number of unbranched alkanes of at least 4 members (excludes halogenated alkanes) is 1. The Morgan fingerprint density at radius 1 is 1.24 bits per heavy atom. The van der Waals surface area contributed by atoms with Crippen LogP contribution in [-0.2, 0) is 0 Å². The second kappa shape index (κ2) is 16.1. The van der Waals surface area contributed by atoms with E-state index in [4.69, 9.17) is 0 Å². The lowest BCUT2D eigenvalue weighted by Crippen LogP contribution is -2.49. The van der Waals surface area contributed by atoms with Crippen LogP contribution in [0.3, 0.4) is 0 Å². The molecule has 25 heavy (non-hydrogen) atoms. The maximum atomic E-state index is 4.63. The fourth-order valence-corrected chi connectivity index (χ4v) is 3.25. The van der Waals surface area contributed by atoms with E-state index >= 15 is 0 Å². The Morgan fingerprint density at radius 3 is 2.40 bits per heavy atom. The van der Waals surface area contributed by atoms with E-state index in [1.807, 2.05) is 27.0 Å². The van der Waals surface area contributed by atoms with E-state index in [1.54, 1.807) is 6.08 Å². The Bertz CT molecular complexity index is 403. The molecule has 1 atom stereocenters. The van der Waals surface area contributed by atoms with Crippen molar-refractivity contribution >= 4 is 5.84 Å². The van der Waals surface area contributed by atoms with Crippen LogP contribution in [0.25, 0.3) is 0 Å². The number of allylic oxidation sites excluding steroid dienone is 4. The summed E-state index contributed by atoms with van der Waals surface area (Å²) in [4.78, 5) is 6.80. The number of likely N-dealkylation sites (N-methyl/N-ethyl adjacent to an activating group) is 1. The van der Waals surface area contributed by atoms with E-state index in [0.717, 1.165) is 12.5 Å². The number of nitrogens with zero attached hydrogens (tertiary/aromatic N) is 2. The molecule has 144 valence electrons.